The van der Waals surface area contributed by atoms with Gasteiger partial charge in [-0.25, -0.2) is 4.98 Å². The number of anilines is 1. The number of nitrogens with one attached hydrogen (secondary N) is 1. The van der Waals surface area contributed by atoms with Crippen LogP contribution in [0, 0.1) is 5.92 Å². The fourth-order valence-corrected chi connectivity index (χ4v) is 1.27. The molecule has 0 radical (unpaired) electrons. The zero-order valence-electron chi connectivity index (χ0n) is 6.97. The molecule has 0 aliphatic heterocycles. The van der Waals surface area contributed by atoms with Crippen molar-refractivity contribution in [3.63, 3.8) is 0 Å². The summed E-state index contributed by atoms with van der Waals surface area (Å²) in [6, 6.07) is 5.59. The Morgan fingerprint density at radius 2 is 2.46 bits per heavy atom. The highest BCUT2D eigenvalue weighted by atomic mass is 16.4. The molecular formula is C9H10N2O2. The number of rotatable bonds is 3. The quantitative estimate of drug-likeness (QED) is 0.723. The van der Waals surface area contributed by atoms with E-state index >= 15 is 0 Å². The molecule has 13 heavy (non-hydrogen) atoms. The molecule has 0 spiro atoms. The molecule has 1 aromatic rings. The van der Waals surface area contributed by atoms with Gasteiger partial charge >= 0.3 is 5.97 Å². The molecule has 4 heteroatoms. The zero-order chi connectivity index (χ0) is 9.26. The van der Waals surface area contributed by atoms with Crippen LogP contribution in [0.4, 0.5) is 5.82 Å². The van der Waals surface area contributed by atoms with Gasteiger partial charge in [0.25, 0.3) is 0 Å². The maximum Gasteiger partial charge on any atom is 0.308 e. The molecule has 0 amide bonds. The van der Waals surface area contributed by atoms with Crippen LogP contribution in [0.5, 0.6) is 0 Å². The molecule has 1 unspecified atom stereocenters. The molecule has 2 atom stereocenters. The van der Waals surface area contributed by atoms with Crippen molar-refractivity contribution in [3.05, 3.63) is 24.4 Å². The van der Waals surface area contributed by atoms with E-state index in [0.29, 0.717) is 6.42 Å². The highest BCUT2D eigenvalue weighted by Gasteiger charge is 2.43. The number of hydrogen-bond acceptors (Lipinski definition) is 3. The molecule has 1 saturated carbocycles. The smallest absolute Gasteiger partial charge is 0.308 e. The number of hydrogen-bond donors (Lipinski definition) is 2. The van der Waals surface area contributed by atoms with E-state index < -0.39 is 5.97 Å². The Hall–Kier alpha value is -1.58. The van der Waals surface area contributed by atoms with E-state index in [9.17, 15) is 4.79 Å². The van der Waals surface area contributed by atoms with Crippen molar-refractivity contribution in [2.45, 2.75) is 12.5 Å². The van der Waals surface area contributed by atoms with Gasteiger partial charge in [0.1, 0.15) is 5.82 Å². The first kappa shape index (κ1) is 8.04. The Morgan fingerprint density at radius 3 is 3.00 bits per heavy atom. The molecule has 1 fully saturated rings. The van der Waals surface area contributed by atoms with E-state index in [1.54, 1.807) is 6.20 Å². The Labute approximate surface area is 75.6 Å². The van der Waals surface area contributed by atoms with Gasteiger partial charge in [-0.05, 0) is 18.6 Å². The largest absolute Gasteiger partial charge is 0.481 e. The third kappa shape index (κ3) is 1.77. The average Bonchev–Trinajstić information content (AvgIpc) is 2.86. The second kappa shape index (κ2) is 3.05. The lowest BCUT2D eigenvalue weighted by molar-refractivity contribution is -0.138. The topological polar surface area (TPSA) is 62.2 Å². The summed E-state index contributed by atoms with van der Waals surface area (Å²) in [6.07, 6.45) is 2.38. The molecule has 2 N–H and O–H groups in total. The molecule has 68 valence electrons. The summed E-state index contributed by atoms with van der Waals surface area (Å²) in [5.41, 5.74) is 0. The van der Waals surface area contributed by atoms with Gasteiger partial charge in [-0.2, -0.15) is 0 Å². The molecule has 0 aromatic carbocycles. The van der Waals surface area contributed by atoms with Crippen LogP contribution in [-0.2, 0) is 4.79 Å². The van der Waals surface area contributed by atoms with Crippen molar-refractivity contribution >= 4 is 11.8 Å². The molecule has 1 aliphatic rings. The average molecular weight is 178 g/mol. The fourth-order valence-electron chi connectivity index (χ4n) is 1.27. The summed E-state index contributed by atoms with van der Waals surface area (Å²) in [6.45, 7) is 0. The van der Waals surface area contributed by atoms with Crippen LogP contribution in [0.25, 0.3) is 0 Å². The van der Waals surface area contributed by atoms with Gasteiger partial charge < -0.3 is 10.4 Å². The van der Waals surface area contributed by atoms with Gasteiger partial charge in [0.05, 0.1) is 5.92 Å². The molecule has 1 heterocycles. The Morgan fingerprint density at radius 1 is 1.62 bits per heavy atom. The zero-order valence-corrected chi connectivity index (χ0v) is 6.97. The lowest BCUT2D eigenvalue weighted by Gasteiger charge is -2.01. The number of nitrogens with zero attached hydrogens (tertiary/aromatic N) is 1. The van der Waals surface area contributed by atoms with Crippen LogP contribution in [0.2, 0.25) is 0 Å². The summed E-state index contributed by atoms with van der Waals surface area (Å²) in [4.78, 5) is 14.6. The van der Waals surface area contributed by atoms with Crippen molar-refractivity contribution in [2.75, 3.05) is 5.32 Å². The maximum absolute atomic E-state index is 10.5. The van der Waals surface area contributed by atoms with Crippen LogP contribution in [0.3, 0.4) is 0 Å². The van der Waals surface area contributed by atoms with Crippen molar-refractivity contribution in [1.82, 2.24) is 4.98 Å². The first-order valence-corrected chi connectivity index (χ1v) is 4.18. The minimum atomic E-state index is -0.728. The minimum absolute atomic E-state index is 0.0624. The van der Waals surface area contributed by atoms with Crippen LogP contribution >= 0.6 is 0 Å². The van der Waals surface area contributed by atoms with E-state index in [1.165, 1.54) is 0 Å². The molecule has 0 saturated heterocycles. The van der Waals surface area contributed by atoms with E-state index in [1.807, 2.05) is 18.2 Å². The molecule has 2 rings (SSSR count). The maximum atomic E-state index is 10.5. The molecule has 0 bridgehead atoms. The third-order valence-corrected chi connectivity index (χ3v) is 2.11. The summed E-state index contributed by atoms with van der Waals surface area (Å²) >= 11 is 0. The Bertz CT molecular complexity index is 313. The summed E-state index contributed by atoms with van der Waals surface area (Å²) in [5.74, 6) is -0.216. The van der Waals surface area contributed by atoms with E-state index in [4.69, 9.17) is 5.11 Å². The second-order valence-corrected chi connectivity index (χ2v) is 3.15. The van der Waals surface area contributed by atoms with Gasteiger partial charge in [0.2, 0.25) is 0 Å². The van der Waals surface area contributed by atoms with Crippen molar-refractivity contribution in [1.29, 1.82) is 0 Å². The van der Waals surface area contributed by atoms with Crippen LogP contribution in [0.15, 0.2) is 24.4 Å². The summed E-state index contributed by atoms with van der Waals surface area (Å²) in [5, 5.41) is 11.7. The van der Waals surface area contributed by atoms with Crippen molar-refractivity contribution in [2.24, 2.45) is 5.92 Å². The number of carbonyl (C=O) groups is 1. The van der Waals surface area contributed by atoms with Crippen LogP contribution < -0.4 is 5.32 Å². The fraction of sp³-hybridized carbons (Fsp3) is 0.333. The third-order valence-electron chi connectivity index (χ3n) is 2.11. The van der Waals surface area contributed by atoms with Gasteiger partial charge in [-0.1, -0.05) is 6.07 Å². The number of aliphatic carboxylic acids is 1. The number of carboxylic acids is 1. The van der Waals surface area contributed by atoms with Crippen molar-refractivity contribution in [3.8, 4) is 0 Å². The van der Waals surface area contributed by atoms with Crippen LogP contribution in [-0.4, -0.2) is 22.1 Å². The lowest BCUT2D eigenvalue weighted by atomic mass is 10.4. The predicted octanol–water partition coefficient (Wildman–Crippen LogP) is 0.967. The molecule has 4 nitrogen and oxygen atoms in total. The number of pyridine rings is 1. The first-order chi connectivity index (χ1) is 6.27. The van der Waals surface area contributed by atoms with Gasteiger partial charge in [0.15, 0.2) is 0 Å². The molecule has 1 aromatic heterocycles. The predicted molar refractivity (Wildman–Crippen MR) is 47.4 cm³/mol. The first-order valence-electron chi connectivity index (χ1n) is 4.18. The summed E-state index contributed by atoms with van der Waals surface area (Å²) < 4.78 is 0. The second-order valence-electron chi connectivity index (χ2n) is 3.15. The lowest BCUT2D eigenvalue weighted by Crippen LogP contribution is -2.10. The number of carboxylic acid groups (broad SMARTS) is 1. The molecule has 1 aliphatic carbocycles. The van der Waals surface area contributed by atoms with Crippen molar-refractivity contribution < 1.29 is 9.90 Å². The van der Waals surface area contributed by atoms with Gasteiger partial charge in [-0.15, -0.1) is 0 Å². The minimum Gasteiger partial charge on any atom is -0.481 e. The molecular weight excluding hydrogens is 168 g/mol. The normalized spacial score (nSPS) is 25.2. The summed E-state index contributed by atoms with van der Waals surface area (Å²) in [7, 11) is 0. The van der Waals surface area contributed by atoms with Gasteiger partial charge in [0, 0.05) is 12.2 Å². The standard InChI is InChI=1S/C9H10N2O2/c12-9(13)6-5-7(6)11-8-3-1-2-4-10-8/h1-4,6-7H,5H2,(H,10,11)(H,12,13)/t6-,7?/m0/s1. The monoisotopic (exact) mass is 178 g/mol. The Kier molecular flexibility index (Phi) is 1.88. The van der Waals surface area contributed by atoms with Gasteiger partial charge in [-0.3, -0.25) is 4.79 Å². The van der Waals surface area contributed by atoms with Crippen LogP contribution in [0.1, 0.15) is 6.42 Å². The Balaban J connectivity index is 1.92. The highest BCUT2D eigenvalue weighted by molar-refractivity contribution is 5.75. The van der Waals surface area contributed by atoms with E-state index in [2.05, 4.69) is 10.3 Å². The highest BCUT2D eigenvalue weighted by Crippen LogP contribution is 2.32. The van der Waals surface area contributed by atoms with E-state index in [-0.39, 0.29) is 12.0 Å². The SMILES string of the molecule is O=C(O)[C@H]1CC1Nc1ccccn1. The number of aromatic nitrogens is 1. The van der Waals surface area contributed by atoms with E-state index in [0.717, 1.165) is 5.82 Å².